The van der Waals surface area contributed by atoms with Crippen LogP contribution in [0.3, 0.4) is 0 Å². The van der Waals surface area contributed by atoms with E-state index in [0.29, 0.717) is 0 Å². The highest BCUT2D eigenvalue weighted by atomic mass is 33.1. The Labute approximate surface area is 115 Å². The van der Waals surface area contributed by atoms with Crippen molar-refractivity contribution in [3.8, 4) is 0 Å². The minimum atomic E-state index is 0.971. The van der Waals surface area contributed by atoms with Gasteiger partial charge in [-0.15, -0.1) is 11.8 Å². The molecule has 0 unspecified atom stereocenters. The smallest absolute Gasteiger partial charge is 0.0523 e. The number of nitrogens with one attached hydrogen (secondary N) is 1. The van der Waals surface area contributed by atoms with E-state index >= 15 is 0 Å². The molecule has 1 nitrogen and oxygen atoms in total. The zero-order valence-corrected chi connectivity index (χ0v) is 12.3. The van der Waals surface area contributed by atoms with E-state index in [4.69, 9.17) is 0 Å². The van der Waals surface area contributed by atoms with Gasteiger partial charge in [-0.05, 0) is 28.7 Å². The van der Waals surface area contributed by atoms with Gasteiger partial charge in [0.25, 0.3) is 0 Å². The minimum Gasteiger partial charge on any atom is -0.390 e. The average Bonchev–Trinajstić information content (AvgIpc) is 2.86. The molecule has 2 rings (SSSR count). The second-order valence-corrected chi connectivity index (χ2v) is 6.91. The lowest BCUT2D eigenvalue weighted by Crippen LogP contribution is -2.10. The zero-order valence-electron chi connectivity index (χ0n) is 9.90. The summed E-state index contributed by atoms with van der Waals surface area (Å²) in [7, 11) is 5.70. The molecule has 0 spiro atoms. The van der Waals surface area contributed by atoms with Gasteiger partial charge in [0.05, 0.1) is 4.24 Å². The topological polar surface area (TPSA) is 12.0 Å². The molecule has 1 heterocycles. The summed E-state index contributed by atoms with van der Waals surface area (Å²) in [5.41, 5.74) is 2.65. The van der Waals surface area contributed by atoms with Crippen LogP contribution in [0.4, 0.5) is 0 Å². The van der Waals surface area contributed by atoms with Crippen LogP contribution in [0.1, 0.15) is 5.56 Å². The molecule has 4 heteroatoms. The molecule has 1 aliphatic heterocycles. The van der Waals surface area contributed by atoms with Crippen molar-refractivity contribution in [1.82, 2.24) is 5.32 Å². The van der Waals surface area contributed by atoms with Crippen LogP contribution in [0, 0.1) is 0 Å². The van der Waals surface area contributed by atoms with Crippen LogP contribution in [0.25, 0.3) is 0 Å². The molecular formula is C13H15NS3. The molecule has 1 aliphatic rings. The fraction of sp³-hybridized carbons (Fsp3) is 0.231. The van der Waals surface area contributed by atoms with Gasteiger partial charge in [0.2, 0.25) is 0 Å². The Balaban J connectivity index is 2.17. The maximum atomic E-state index is 3.33. The predicted molar refractivity (Wildman–Crippen MR) is 83.0 cm³/mol. The highest BCUT2D eigenvalue weighted by molar-refractivity contribution is 8.82. The quantitative estimate of drug-likeness (QED) is 0.827. The number of allylic oxidation sites excluding steroid dienone is 2. The molecule has 90 valence electrons. The van der Waals surface area contributed by atoms with Gasteiger partial charge in [-0.25, -0.2) is 0 Å². The van der Waals surface area contributed by atoms with Gasteiger partial charge >= 0.3 is 0 Å². The van der Waals surface area contributed by atoms with Gasteiger partial charge < -0.3 is 5.32 Å². The molecule has 0 saturated heterocycles. The SMILES string of the molecule is CN/C(Cc1ccccc1)=C1\C=C(SC)SS1. The first kappa shape index (κ1) is 13.0. The lowest BCUT2D eigenvalue weighted by molar-refractivity contribution is 0.918. The maximum absolute atomic E-state index is 3.33. The summed E-state index contributed by atoms with van der Waals surface area (Å²) >= 11 is 1.81. The van der Waals surface area contributed by atoms with Crippen LogP contribution < -0.4 is 5.32 Å². The number of hydrogen-bond acceptors (Lipinski definition) is 4. The summed E-state index contributed by atoms with van der Waals surface area (Å²) in [4.78, 5) is 1.35. The molecule has 1 N–H and O–H groups in total. The van der Waals surface area contributed by atoms with Crippen molar-refractivity contribution >= 4 is 33.3 Å². The summed E-state index contributed by atoms with van der Waals surface area (Å²) in [5.74, 6) is 0. The molecule has 1 aromatic rings. The third-order valence-corrected chi connectivity index (χ3v) is 6.31. The van der Waals surface area contributed by atoms with Gasteiger partial charge in [-0.2, -0.15) is 0 Å². The highest BCUT2D eigenvalue weighted by Gasteiger charge is 2.14. The number of hydrogen-bond donors (Lipinski definition) is 1. The number of thioether (sulfide) groups is 1. The van der Waals surface area contributed by atoms with E-state index < -0.39 is 0 Å². The third kappa shape index (κ3) is 3.50. The third-order valence-electron chi connectivity index (χ3n) is 2.49. The Bertz CT molecular complexity index is 437. The van der Waals surface area contributed by atoms with E-state index in [1.54, 1.807) is 0 Å². The molecule has 0 amide bonds. The molecule has 0 fully saturated rings. The molecule has 0 saturated carbocycles. The van der Waals surface area contributed by atoms with E-state index in [9.17, 15) is 0 Å². The average molecular weight is 281 g/mol. The van der Waals surface area contributed by atoms with Crippen LogP contribution in [-0.2, 0) is 6.42 Å². The first-order chi connectivity index (χ1) is 8.33. The molecule has 17 heavy (non-hydrogen) atoms. The van der Waals surface area contributed by atoms with Crippen LogP contribution in [0.15, 0.2) is 51.2 Å². The molecular weight excluding hydrogens is 266 g/mol. The Morgan fingerprint density at radius 2 is 2.00 bits per heavy atom. The van der Waals surface area contributed by atoms with E-state index in [0.717, 1.165) is 6.42 Å². The van der Waals surface area contributed by atoms with Crippen molar-refractivity contribution in [2.24, 2.45) is 0 Å². The predicted octanol–water partition coefficient (Wildman–Crippen LogP) is 4.26. The monoisotopic (exact) mass is 281 g/mol. The van der Waals surface area contributed by atoms with E-state index in [-0.39, 0.29) is 0 Å². The van der Waals surface area contributed by atoms with Crippen molar-refractivity contribution in [2.75, 3.05) is 13.3 Å². The van der Waals surface area contributed by atoms with Crippen molar-refractivity contribution in [3.05, 3.63) is 56.8 Å². The fourth-order valence-corrected chi connectivity index (χ4v) is 5.03. The van der Waals surface area contributed by atoms with Gasteiger partial charge in [0, 0.05) is 24.1 Å². The summed E-state index contributed by atoms with van der Waals surface area (Å²) in [6, 6.07) is 10.6. The van der Waals surface area contributed by atoms with Crippen LogP contribution in [0.2, 0.25) is 0 Å². The summed E-state index contributed by atoms with van der Waals surface area (Å²) in [6.45, 7) is 0. The van der Waals surface area contributed by atoms with Gasteiger partial charge in [-0.3, -0.25) is 0 Å². The van der Waals surface area contributed by atoms with Gasteiger partial charge in [-0.1, -0.05) is 41.1 Å². The Morgan fingerprint density at radius 3 is 2.59 bits per heavy atom. The maximum Gasteiger partial charge on any atom is 0.0523 e. The first-order valence-electron chi connectivity index (χ1n) is 5.38. The Kier molecular flexibility index (Phi) is 4.95. The molecule has 0 bridgehead atoms. The molecule has 0 aromatic heterocycles. The van der Waals surface area contributed by atoms with Crippen molar-refractivity contribution in [3.63, 3.8) is 0 Å². The van der Waals surface area contributed by atoms with Crippen LogP contribution >= 0.6 is 33.3 Å². The second kappa shape index (κ2) is 6.47. The zero-order chi connectivity index (χ0) is 12.1. The van der Waals surface area contributed by atoms with E-state index in [1.165, 1.54) is 20.4 Å². The fourth-order valence-electron chi connectivity index (χ4n) is 1.57. The molecule has 1 aromatic carbocycles. The number of rotatable bonds is 4. The Morgan fingerprint density at radius 1 is 1.24 bits per heavy atom. The summed E-state index contributed by atoms with van der Waals surface area (Å²) in [5, 5.41) is 3.33. The van der Waals surface area contributed by atoms with E-state index in [2.05, 4.69) is 48.0 Å². The number of benzene rings is 1. The van der Waals surface area contributed by atoms with Crippen LogP contribution in [-0.4, -0.2) is 13.3 Å². The van der Waals surface area contributed by atoms with Gasteiger partial charge in [0.1, 0.15) is 0 Å². The van der Waals surface area contributed by atoms with Crippen molar-refractivity contribution in [2.45, 2.75) is 6.42 Å². The van der Waals surface area contributed by atoms with Gasteiger partial charge in [0.15, 0.2) is 0 Å². The normalized spacial score (nSPS) is 17.9. The summed E-state index contributed by atoms with van der Waals surface area (Å²) in [6.07, 6.45) is 5.37. The Hall–Kier alpha value is -0.450. The minimum absolute atomic E-state index is 0.971. The second-order valence-electron chi connectivity index (χ2n) is 3.59. The molecule has 0 aliphatic carbocycles. The summed E-state index contributed by atoms with van der Waals surface area (Å²) < 4.78 is 1.38. The molecule has 0 atom stereocenters. The van der Waals surface area contributed by atoms with E-state index in [1.807, 2.05) is 40.4 Å². The van der Waals surface area contributed by atoms with Crippen LogP contribution in [0.5, 0.6) is 0 Å². The lowest BCUT2D eigenvalue weighted by atomic mass is 10.1. The largest absolute Gasteiger partial charge is 0.390 e. The molecule has 0 radical (unpaired) electrons. The lowest BCUT2D eigenvalue weighted by Gasteiger charge is -2.09. The first-order valence-corrected chi connectivity index (χ1v) is 8.76. The highest BCUT2D eigenvalue weighted by Crippen LogP contribution is 2.49. The standard InChI is InChI=1S/C13H15NS3/c1-14-11(8-10-6-4-3-5-7-10)12-9-13(15-2)17-16-12/h3-7,9,14H,8H2,1-2H3/b12-11+. The number of likely N-dealkylation sites (N-methyl/N-ethyl adjacent to an activating group) is 1. The van der Waals surface area contributed by atoms with Crippen molar-refractivity contribution in [1.29, 1.82) is 0 Å². The van der Waals surface area contributed by atoms with Crippen molar-refractivity contribution < 1.29 is 0 Å².